The topological polar surface area (TPSA) is 77.8 Å². The molecule has 6 nitrogen and oxygen atoms in total. The summed E-state index contributed by atoms with van der Waals surface area (Å²) in [5.41, 5.74) is 4.43. The van der Waals surface area contributed by atoms with Gasteiger partial charge in [-0.25, -0.2) is 4.79 Å². The van der Waals surface area contributed by atoms with Gasteiger partial charge in [0.25, 0.3) is 5.91 Å². The van der Waals surface area contributed by atoms with Gasteiger partial charge in [-0.05, 0) is 56.2 Å². The third kappa shape index (κ3) is 4.90. The molecule has 0 saturated carbocycles. The maximum atomic E-state index is 12.8. The number of esters is 1. The Balaban J connectivity index is 1.59. The highest BCUT2D eigenvalue weighted by Crippen LogP contribution is 2.36. The monoisotopic (exact) mass is 443 g/mol. The smallest absolute Gasteiger partial charge is 0.342 e. The molecule has 0 saturated heterocycles. The summed E-state index contributed by atoms with van der Waals surface area (Å²) in [5.74, 6) is 0.143. The number of aryl methyl sites for hydroxylation is 2. The Bertz CT molecular complexity index is 1310. The molecular formula is C27H25NO5. The summed E-state index contributed by atoms with van der Waals surface area (Å²) in [5, 5.41) is 3.44. The number of carbonyl (C=O) groups is 2. The average Bonchev–Trinajstić information content (AvgIpc) is 3.20. The van der Waals surface area contributed by atoms with Gasteiger partial charge in [-0.15, -0.1) is 0 Å². The number of hydrogen-bond acceptors (Lipinski definition) is 5. The molecule has 6 heteroatoms. The number of hydrogen-bond donors (Lipinski definition) is 1. The zero-order valence-electron chi connectivity index (χ0n) is 18.8. The van der Waals surface area contributed by atoms with Gasteiger partial charge in [-0.1, -0.05) is 42.5 Å². The number of rotatable bonds is 7. The predicted molar refractivity (Wildman–Crippen MR) is 128 cm³/mol. The number of carbonyl (C=O) groups excluding carboxylic acids is 2. The van der Waals surface area contributed by atoms with Crippen LogP contribution in [0.25, 0.3) is 22.3 Å². The first-order chi connectivity index (χ1) is 16.0. The summed E-state index contributed by atoms with van der Waals surface area (Å²) in [6.07, 6.45) is 0. The zero-order valence-corrected chi connectivity index (χ0v) is 18.8. The number of benzene rings is 3. The van der Waals surface area contributed by atoms with Crippen LogP contribution in [0.15, 0.2) is 71.1 Å². The van der Waals surface area contributed by atoms with Crippen molar-refractivity contribution in [3.05, 3.63) is 83.4 Å². The van der Waals surface area contributed by atoms with E-state index in [1.807, 2.05) is 62.4 Å². The summed E-state index contributed by atoms with van der Waals surface area (Å²) in [4.78, 5) is 25.2. The van der Waals surface area contributed by atoms with Gasteiger partial charge in [-0.2, -0.15) is 0 Å². The lowest BCUT2D eigenvalue weighted by Gasteiger charge is -2.10. The molecule has 0 aliphatic heterocycles. The minimum atomic E-state index is -0.472. The second-order valence-corrected chi connectivity index (χ2v) is 7.71. The molecule has 3 aromatic carbocycles. The van der Waals surface area contributed by atoms with E-state index in [0.29, 0.717) is 28.0 Å². The van der Waals surface area contributed by atoms with Crippen molar-refractivity contribution in [2.45, 2.75) is 20.8 Å². The molecule has 0 spiro atoms. The number of anilines is 1. The van der Waals surface area contributed by atoms with E-state index in [2.05, 4.69) is 5.32 Å². The molecule has 33 heavy (non-hydrogen) atoms. The van der Waals surface area contributed by atoms with Crippen molar-refractivity contribution in [3.8, 4) is 17.1 Å². The highest BCUT2D eigenvalue weighted by atomic mass is 16.5. The molecular weight excluding hydrogens is 418 g/mol. The van der Waals surface area contributed by atoms with Gasteiger partial charge in [0, 0.05) is 16.6 Å². The molecule has 0 aliphatic rings. The summed E-state index contributed by atoms with van der Waals surface area (Å²) >= 11 is 0. The third-order valence-corrected chi connectivity index (χ3v) is 5.21. The minimum absolute atomic E-state index is 0.170. The van der Waals surface area contributed by atoms with Crippen molar-refractivity contribution < 1.29 is 23.5 Å². The van der Waals surface area contributed by atoms with Gasteiger partial charge < -0.3 is 19.2 Å². The molecule has 1 aromatic heterocycles. The normalized spacial score (nSPS) is 10.8. The number of furan rings is 1. The molecule has 0 bridgehead atoms. The maximum Gasteiger partial charge on any atom is 0.342 e. The van der Waals surface area contributed by atoms with Crippen LogP contribution in [0.4, 0.5) is 5.69 Å². The van der Waals surface area contributed by atoms with Crippen LogP contribution < -0.4 is 10.1 Å². The number of ether oxygens (including phenoxy) is 2. The lowest BCUT2D eigenvalue weighted by Crippen LogP contribution is -2.20. The quantitative estimate of drug-likeness (QED) is 0.359. The van der Waals surface area contributed by atoms with E-state index in [9.17, 15) is 9.59 Å². The SMILES string of the molecule is CCOC(=O)c1c(-c2ccccc2)oc2ccc(OCC(=O)Nc3cc(C)ccc3C)cc12. The van der Waals surface area contributed by atoms with Crippen molar-refractivity contribution >= 4 is 28.5 Å². The van der Waals surface area contributed by atoms with Crippen molar-refractivity contribution in [1.29, 1.82) is 0 Å². The Morgan fingerprint density at radius 3 is 2.52 bits per heavy atom. The van der Waals surface area contributed by atoms with Gasteiger partial charge in [-0.3, -0.25) is 4.79 Å². The van der Waals surface area contributed by atoms with Crippen molar-refractivity contribution in [3.63, 3.8) is 0 Å². The van der Waals surface area contributed by atoms with Crippen LogP contribution in [-0.2, 0) is 9.53 Å². The van der Waals surface area contributed by atoms with Crippen LogP contribution in [-0.4, -0.2) is 25.1 Å². The second-order valence-electron chi connectivity index (χ2n) is 7.71. The van der Waals surface area contributed by atoms with Crippen LogP contribution in [0, 0.1) is 13.8 Å². The molecule has 0 atom stereocenters. The number of fused-ring (bicyclic) bond motifs is 1. The van der Waals surface area contributed by atoms with E-state index >= 15 is 0 Å². The van der Waals surface area contributed by atoms with Crippen molar-refractivity contribution in [1.82, 2.24) is 0 Å². The van der Waals surface area contributed by atoms with E-state index in [4.69, 9.17) is 13.9 Å². The van der Waals surface area contributed by atoms with Crippen LogP contribution in [0.2, 0.25) is 0 Å². The fourth-order valence-electron chi connectivity index (χ4n) is 3.57. The van der Waals surface area contributed by atoms with Gasteiger partial charge >= 0.3 is 5.97 Å². The van der Waals surface area contributed by atoms with Gasteiger partial charge in [0.05, 0.1) is 6.61 Å². The summed E-state index contributed by atoms with van der Waals surface area (Å²) in [7, 11) is 0. The molecule has 0 aliphatic carbocycles. The average molecular weight is 443 g/mol. The van der Waals surface area contributed by atoms with E-state index in [1.165, 1.54) is 0 Å². The molecule has 0 fully saturated rings. The summed E-state index contributed by atoms with van der Waals surface area (Å²) in [6, 6.07) is 20.4. The molecule has 1 heterocycles. The summed E-state index contributed by atoms with van der Waals surface area (Å²) < 4.78 is 17.0. The third-order valence-electron chi connectivity index (χ3n) is 5.21. The molecule has 0 radical (unpaired) electrons. The lowest BCUT2D eigenvalue weighted by atomic mass is 10.1. The number of nitrogens with one attached hydrogen (secondary N) is 1. The fourth-order valence-corrected chi connectivity index (χ4v) is 3.57. The Kier molecular flexibility index (Phi) is 6.45. The first-order valence-electron chi connectivity index (χ1n) is 10.7. The Labute approximate surface area is 192 Å². The highest BCUT2D eigenvalue weighted by Gasteiger charge is 2.23. The van der Waals surface area contributed by atoms with E-state index in [-0.39, 0.29) is 19.1 Å². The van der Waals surface area contributed by atoms with Crippen molar-refractivity contribution in [2.75, 3.05) is 18.5 Å². The molecule has 4 aromatic rings. The predicted octanol–water partition coefficient (Wildman–Crippen LogP) is 5.91. The highest BCUT2D eigenvalue weighted by molar-refractivity contribution is 6.09. The second kappa shape index (κ2) is 9.61. The lowest BCUT2D eigenvalue weighted by molar-refractivity contribution is -0.118. The van der Waals surface area contributed by atoms with Gasteiger partial charge in [0.15, 0.2) is 6.61 Å². The van der Waals surface area contributed by atoms with E-state index in [0.717, 1.165) is 22.4 Å². The maximum absolute atomic E-state index is 12.8. The van der Waals surface area contributed by atoms with Crippen LogP contribution in [0.5, 0.6) is 5.75 Å². The Morgan fingerprint density at radius 1 is 0.970 bits per heavy atom. The van der Waals surface area contributed by atoms with E-state index in [1.54, 1.807) is 25.1 Å². The van der Waals surface area contributed by atoms with Crippen LogP contribution >= 0.6 is 0 Å². The van der Waals surface area contributed by atoms with Crippen molar-refractivity contribution in [2.24, 2.45) is 0 Å². The minimum Gasteiger partial charge on any atom is -0.484 e. The standard InChI is InChI=1S/C27H25NO5/c1-4-31-27(30)25-21-15-20(12-13-23(21)33-26(25)19-8-6-5-7-9-19)32-16-24(29)28-22-14-17(2)10-11-18(22)3/h5-15H,4,16H2,1-3H3,(H,28,29). The van der Waals surface area contributed by atoms with Crippen LogP contribution in [0.3, 0.4) is 0 Å². The molecule has 1 amide bonds. The molecule has 168 valence electrons. The van der Waals surface area contributed by atoms with Gasteiger partial charge in [0.2, 0.25) is 0 Å². The first kappa shape index (κ1) is 22.1. The fraction of sp³-hybridized carbons (Fsp3) is 0.185. The summed E-state index contributed by atoms with van der Waals surface area (Å²) in [6.45, 7) is 5.73. The first-order valence-corrected chi connectivity index (χ1v) is 10.7. The molecule has 1 N–H and O–H groups in total. The zero-order chi connectivity index (χ0) is 23.4. The van der Waals surface area contributed by atoms with Crippen LogP contribution in [0.1, 0.15) is 28.4 Å². The largest absolute Gasteiger partial charge is 0.484 e. The Hall–Kier alpha value is -4.06. The molecule has 4 rings (SSSR count). The molecule has 0 unspecified atom stereocenters. The van der Waals surface area contributed by atoms with E-state index < -0.39 is 5.97 Å². The van der Waals surface area contributed by atoms with Gasteiger partial charge in [0.1, 0.15) is 22.7 Å². The Morgan fingerprint density at radius 2 is 1.76 bits per heavy atom. The number of amides is 1.